The second kappa shape index (κ2) is 4.92. The van der Waals surface area contributed by atoms with Crippen molar-refractivity contribution in [1.29, 1.82) is 0 Å². The zero-order valence-electron chi connectivity index (χ0n) is 12.8. The quantitative estimate of drug-likeness (QED) is 0.916. The van der Waals surface area contributed by atoms with Crippen molar-refractivity contribution in [2.75, 3.05) is 11.4 Å². The molecule has 3 rings (SSSR count). The number of guanidine groups is 1. The lowest BCUT2D eigenvalue weighted by molar-refractivity contribution is 0.529. The Balaban J connectivity index is 2.13. The van der Waals surface area contributed by atoms with E-state index in [4.69, 9.17) is 5.73 Å². The second-order valence-corrected chi connectivity index (χ2v) is 5.94. The number of rotatable bonds is 2. The largest absolute Gasteiger partial charge is 0.369 e. The molecule has 2 N–H and O–H groups in total. The van der Waals surface area contributed by atoms with Crippen LogP contribution in [0.1, 0.15) is 23.6 Å². The average molecular weight is 279 g/mol. The zero-order valence-corrected chi connectivity index (χ0v) is 12.8. The number of aryl methyl sites for hydroxylation is 2. The van der Waals surface area contributed by atoms with E-state index in [-0.39, 0.29) is 5.54 Å². The van der Waals surface area contributed by atoms with Crippen LogP contribution in [0.25, 0.3) is 0 Å². The Morgan fingerprint density at radius 3 is 2.57 bits per heavy atom. The molecule has 0 aromatic heterocycles. The standard InChI is InChI=1S/C18H21N3/c1-13-7-6-9-15(11-13)21-17(19)20-12-18(21,3)16-10-5-4-8-14(16)2/h4-11H,12H2,1-3H3,(H2,19,20). The van der Waals surface area contributed by atoms with E-state index in [2.05, 4.69) is 79.2 Å². The highest BCUT2D eigenvalue weighted by atomic mass is 15.4. The van der Waals surface area contributed by atoms with Crippen LogP contribution in [0, 0.1) is 13.8 Å². The smallest absolute Gasteiger partial charge is 0.196 e. The first-order valence-corrected chi connectivity index (χ1v) is 7.25. The summed E-state index contributed by atoms with van der Waals surface area (Å²) in [7, 11) is 0. The lowest BCUT2D eigenvalue weighted by Gasteiger charge is -2.37. The topological polar surface area (TPSA) is 41.6 Å². The molecule has 1 aliphatic heterocycles. The third-order valence-corrected chi connectivity index (χ3v) is 4.26. The molecule has 0 aliphatic carbocycles. The van der Waals surface area contributed by atoms with Crippen LogP contribution in [0.2, 0.25) is 0 Å². The lowest BCUT2D eigenvalue weighted by Crippen LogP contribution is -2.48. The maximum absolute atomic E-state index is 6.20. The zero-order chi connectivity index (χ0) is 15.0. The molecule has 3 nitrogen and oxygen atoms in total. The molecule has 0 saturated carbocycles. The molecule has 2 aromatic carbocycles. The molecule has 0 bridgehead atoms. The van der Waals surface area contributed by atoms with Crippen molar-refractivity contribution < 1.29 is 0 Å². The Bertz CT molecular complexity index is 705. The van der Waals surface area contributed by atoms with Gasteiger partial charge in [-0.05, 0) is 49.6 Å². The van der Waals surface area contributed by atoms with Gasteiger partial charge in [0.05, 0.1) is 12.1 Å². The van der Waals surface area contributed by atoms with E-state index in [1.54, 1.807) is 0 Å². The van der Waals surface area contributed by atoms with Crippen molar-refractivity contribution in [1.82, 2.24) is 0 Å². The summed E-state index contributed by atoms with van der Waals surface area (Å²) in [5, 5.41) is 0. The predicted octanol–water partition coefficient (Wildman–Crippen LogP) is 3.35. The fraction of sp³-hybridized carbons (Fsp3) is 0.278. The molecule has 1 heterocycles. The summed E-state index contributed by atoms with van der Waals surface area (Å²) < 4.78 is 0. The molecule has 0 amide bonds. The van der Waals surface area contributed by atoms with E-state index in [9.17, 15) is 0 Å². The van der Waals surface area contributed by atoms with Crippen LogP contribution in [0.15, 0.2) is 53.5 Å². The Morgan fingerprint density at radius 2 is 1.86 bits per heavy atom. The van der Waals surface area contributed by atoms with Crippen molar-refractivity contribution in [2.45, 2.75) is 26.3 Å². The van der Waals surface area contributed by atoms with E-state index in [1.807, 2.05) is 0 Å². The number of hydrogen-bond acceptors (Lipinski definition) is 3. The molecular formula is C18H21N3. The van der Waals surface area contributed by atoms with Crippen LogP contribution < -0.4 is 10.6 Å². The third-order valence-electron chi connectivity index (χ3n) is 4.26. The Morgan fingerprint density at radius 1 is 1.10 bits per heavy atom. The molecule has 0 fully saturated rings. The Labute approximate surface area is 126 Å². The first-order chi connectivity index (χ1) is 10.0. The average Bonchev–Trinajstić information content (AvgIpc) is 2.76. The van der Waals surface area contributed by atoms with Crippen molar-refractivity contribution in [3.63, 3.8) is 0 Å². The van der Waals surface area contributed by atoms with Gasteiger partial charge in [-0.25, -0.2) is 0 Å². The van der Waals surface area contributed by atoms with Crippen LogP contribution in [0.5, 0.6) is 0 Å². The van der Waals surface area contributed by atoms with Crippen molar-refractivity contribution in [3.05, 3.63) is 65.2 Å². The molecule has 0 saturated heterocycles. The summed E-state index contributed by atoms with van der Waals surface area (Å²) in [5.41, 5.74) is 10.8. The summed E-state index contributed by atoms with van der Waals surface area (Å²) in [6, 6.07) is 16.9. The maximum atomic E-state index is 6.20. The van der Waals surface area contributed by atoms with Crippen LogP contribution in [-0.4, -0.2) is 12.5 Å². The highest BCUT2D eigenvalue weighted by molar-refractivity contribution is 5.98. The number of benzene rings is 2. The van der Waals surface area contributed by atoms with E-state index in [0.29, 0.717) is 12.5 Å². The summed E-state index contributed by atoms with van der Waals surface area (Å²) in [6.07, 6.45) is 0. The lowest BCUT2D eigenvalue weighted by atomic mass is 9.87. The van der Waals surface area contributed by atoms with Gasteiger partial charge >= 0.3 is 0 Å². The van der Waals surface area contributed by atoms with Gasteiger partial charge in [-0.3, -0.25) is 4.99 Å². The number of anilines is 1. The molecule has 108 valence electrons. The number of nitrogens with zero attached hydrogens (tertiary/aromatic N) is 2. The minimum atomic E-state index is -0.233. The molecule has 1 unspecified atom stereocenters. The minimum Gasteiger partial charge on any atom is -0.369 e. The highest BCUT2D eigenvalue weighted by Crippen LogP contribution is 2.38. The fourth-order valence-corrected chi connectivity index (χ4v) is 3.20. The third kappa shape index (κ3) is 2.19. The van der Waals surface area contributed by atoms with Crippen LogP contribution in [0.3, 0.4) is 0 Å². The van der Waals surface area contributed by atoms with E-state index >= 15 is 0 Å². The number of hydrogen-bond donors (Lipinski definition) is 1. The van der Waals surface area contributed by atoms with E-state index < -0.39 is 0 Å². The van der Waals surface area contributed by atoms with Crippen LogP contribution in [0.4, 0.5) is 5.69 Å². The van der Waals surface area contributed by atoms with Gasteiger partial charge in [-0.2, -0.15) is 0 Å². The van der Waals surface area contributed by atoms with Crippen molar-refractivity contribution >= 4 is 11.6 Å². The van der Waals surface area contributed by atoms with Crippen LogP contribution in [-0.2, 0) is 5.54 Å². The molecule has 0 spiro atoms. The highest BCUT2D eigenvalue weighted by Gasteiger charge is 2.41. The SMILES string of the molecule is Cc1cccc(N2C(N)=NCC2(C)c2ccccc2C)c1. The molecule has 2 aromatic rings. The minimum absolute atomic E-state index is 0.233. The van der Waals surface area contributed by atoms with Gasteiger partial charge in [0.1, 0.15) is 0 Å². The molecule has 3 heteroatoms. The van der Waals surface area contributed by atoms with Gasteiger partial charge in [0.2, 0.25) is 0 Å². The first-order valence-electron chi connectivity index (χ1n) is 7.25. The summed E-state index contributed by atoms with van der Waals surface area (Å²) >= 11 is 0. The van der Waals surface area contributed by atoms with Gasteiger partial charge in [-0.1, -0.05) is 36.4 Å². The molecule has 21 heavy (non-hydrogen) atoms. The van der Waals surface area contributed by atoms with Gasteiger partial charge in [-0.15, -0.1) is 0 Å². The number of nitrogens with two attached hydrogens (primary N) is 1. The molecule has 1 aliphatic rings. The first kappa shape index (κ1) is 13.7. The molecule has 0 radical (unpaired) electrons. The summed E-state index contributed by atoms with van der Waals surface area (Å²) in [4.78, 5) is 6.67. The second-order valence-electron chi connectivity index (χ2n) is 5.94. The van der Waals surface area contributed by atoms with Gasteiger partial charge < -0.3 is 10.6 Å². The van der Waals surface area contributed by atoms with Crippen molar-refractivity contribution in [2.24, 2.45) is 10.7 Å². The Hall–Kier alpha value is -2.29. The predicted molar refractivity (Wildman–Crippen MR) is 88.7 cm³/mol. The van der Waals surface area contributed by atoms with E-state index in [1.165, 1.54) is 16.7 Å². The molecule has 1 atom stereocenters. The number of aliphatic imine (C=N–C) groups is 1. The van der Waals surface area contributed by atoms with E-state index in [0.717, 1.165) is 5.69 Å². The molecular weight excluding hydrogens is 258 g/mol. The Kier molecular flexibility index (Phi) is 3.20. The summed E-state index contributed by atoms with van der Waals surface area (Å²) in [6.45, 7) is 7.13. The van der Waals surface area contributed by atoms with Crippen molar-refractivity contribution in [3.8, 4) is 0 Å². The van der Waals surface area contributed by atoms with Gasteiger partial charge in [0, 0.05) is 5.69 Å². The maximum Gasteiger partial charge on any atom is 0.196 e. The monoisotopic (exact) mass is 279 g/mol. The fourth-order valence-electron chi connectivity index (χ4n) is 3.20. The normalized spacial score (nSPS) is 21.5. The van der Waals surface area contributed by atoms with Crippen LogP contribution >= 0.6 is 0 Å². The van der Waals surface area contributed by atoms with Gasteiger partial charge in [0.15, 0.2) is 5.96 Å². The van der Waals surface area contributed by atoms with Gasteiger partial charge in [0.25, 0.3) is 0 Å². The summed E-state index contributed by atoms with van der Waals surface area (Å²) in [5.74, 6) is 0.589.